The fraction of sp³-hybridized carbons (Fsp3) is 0.542. The van der Waals surface area contributed by atoms with Gasteiger partial charge in [0.25, 0.3) is 0 Å². The van der Waals surface area contributed by atoms with Crippen molar-refractivity contribution >= 4 is 11.0 Å². The quantitative estimate of drug-likeness (QED) is 0.603. The summed E-state index contributed by atoms with van der Waals surface area (Å²) in [5.74, 6) is 1.39. The summed E-state index contributed by atoms with van der Waals surface area (Å²) in [7, 11) is 0. The third-order valence-electron chi connectivity index (χ3n) is 7.56. The molecule has 0 aliphatic heterocycles. The summed E-state index contributed by atoms with van der Waals surface area (Å²) in [5.41, 5.74) is 1.40. The maximum Gasteiger partial charge on any atom is 0.336 e. The summed E-state index contributed by atoms with van der Waals surface area (Å²) >= 11 is 0. The van der Waals surface area contributed by atoms with Gasteiger partial charge in [0, 0.05) is 23.4 Å². The largest absolute Gasteiger partial charge is 0.493 e. The summed E-state index contributed by atoms with van der Waals surface area (Å²) in [6, 6.07) is 8.80. The molecule has 4 nitrogen and oxygen atoms in total. The van der Waals surface area contributed by atoms with Gasteiger partial charge in [0.15, 0.2) is 0 Å². The van der Waals surface area contributed by atoms with E-state index in [2.05, 4.69) is 27.4 Å². The molecule has 2 saturated carbocycles. The molecule has 0 radical (unpaired) electrons. The van der Waals surface area contributed by atoms with Gasteiger partial charge in [0.2, 0.25) is 0 Å². The lowest BCUT2D eigenvalue weighted by Crippen LogP contribution is -2.55. The van der Waals surface area contributed by atoms with Crippen molar-refractivity contribution < 1.29 is 14.3 Å². The molecule has 0 saturated heterocycles. The Morgan fingerprint density at radius 2 is 1.96 bits per heavy atom. The fourth-order valence-electron chi connectivity index (χ4n) is 5.78. The van der Waals surface area contributed by atoms with Gasteiger partial charge in [-0.1, -0.05) is 32.9 Å². The first-order chi connectivity index (χ1) is 13.2. The van der Waals surface area contributed by atoms with Gasteiger partial charge in [-0.3, -0.25) is 0 Å². The van der Waals surface area contributed by atoms with Crippen LogP contribution in [0.15, 0.2) is 51.7 Å². The molecule has 0 amide bonds. The molecular weight excluding hydrogens is 352 g/mol. The van der Waals surface area contributed by atoms with Crippen molar-refractivity contribution in [2.45, 2.75) is 52.6 Å². The van der Waals surface area contributed by atoms with Crippen LogP contribution in [0.2, 0.25) is 0 Å². The van der Waals surface area contributed by atoms with E-state index in [4.69, 9.17) is 9.15 Å². The minimum absolute atomic E-state index is 0.0709. The first-order valence-electron chi connectivity index (χ1n) is 10.2. The van der Waals surface area contributed by atoms with E-state index in [1.165, 1.54) is 11.6 Å². The monoisotopic (exact) mass is 382 g/mol. The molecule has 0 bridgehead atoms. The van der Waals surface area contributed by atoms with E-state index >= 15 is 0 Å². The second-order valence-corrected chi connectivity index (χ2v) is 9.45. The summed E-state index contributed by atoms with van der Waals surface area (Å²) in [5, 5.41) is 11.5. The minimum atomic E-state index is -0.358. The van der Waals surface area contributed by atoms with Crippen LogP contribution >= 0.6 is 0 Å². The topological polar surface area (TPSA) is 59.7 Å². The fourth-order valence-corrected chi connectivity index (χ4v) is 5.78. The Labute approximate surface area is 166 Å². The minimum Gasteiger partial charge on any atom is -0.493 e. The van der Waals surface area contributed by atoms with Crippen LogP contribution in [0.3, 0.4) is 0 Å². The van der Waals surface area contributed by atoms with E-state index < -0.39 is 0 Å². The van der Waals surface area contributed by atoms with Gasteiger partial charge in [0.1, 0.15) is 11.3 Å². The third-order valence-corrected chi connectivity index (χ3v) is 7.56. The van der Waals surface area contributed by atoms with Crippen LogP contribution in [-0.4, -0.2) is 17.8 Å². The van der Waals surface area contributed by atoms with Crippen LogP contribution in [0.25, 0.3) is 11.0 Å². The third kappa shape index (κ3) is 3.08. The van der Waals surface area contributed by atoms with Gasteiger partial charge in [-0.2, -0.15) is 0 Å². The second kappa shape index (κ2) is 6.77. The van der Waals surface area contributed by atoms with Gasteiger partial charge < -0.3 is 14.3 Å². The number of aliphatic hydroxyl groups is 1. The molecule has 4 atom stereocenters. The Hall–Kier alpha value is -2.07. The maximum atomic E-state index is 11.5. The smallest absolute Gasteiger partial charge is 0.336 e. The highest BCUT2D eigenvalue weighted by molar-refractivity contribution is 5.77. The lowest BCUT2D eigenvalue weighted by atomic mass is 9.47. The number of aliphatic hydroxyl groups excluding tert-OH is 1. The van der Waals surface area contributed by atoms with E-state index in [1.54, 1.807) is 12.1 Å². The van der Waals surface area contributed by atoms with E-state index in [0.29, 0.717) is 23.9 Å². The summed E-state index contributed by atoms with van der Waals surface area (Å²) < 4.78 is 11.5. The van der Waals surface area contributed by atoms with E-state index in [9.17, 15) is 9.90 Å². The van der Waals surface area contributed by atoms with Gasteiger partial charge in [-0.25, -0.2) is 4.79 Å². The Balaban J connectivity index is 1.58. The summed E-state index contributed by atoms with van der Waals surface area (Å²) in [6.45, 7) is 11.7. The van der Waals surface area contributed by atoms with Crippen LogP contribution in [-0.2, 0) is 0 Å². The first kappa shape index (κ1) is 19.3. The van der Waals surface area contributed by atoms with Gasteiger partial charge >= 0.3 is 5.63 Å². The predicted molar refractivity (Wildman–Crippen MR) is 110 cm³/mol. The van der Waals surface area contributed by atoms with E-state index in [0.717, 1.165) is 31.1 Å². The SMILES string of the molecule is C=C1CC[C@H]2C(C)(C)[C@H](O)CC[C@@]2(C)[C@H]1COc1ccc2ccc(=O)oc2c1. The zero-order valence-electron chi connectivity index (χ0n) is 17.0. The van der Waals surface area contributed by atoms with Crippen LogP contribution < -0.4 is 10.4 Å². The van der Waals surface area contributed by atoms with Crippen molar-refractivity contribution in [1.29, 1.82) is 0 Å². The molecule has 28 heavy (non-hydrogen) atoms. The molecule has 2 fully saturated rings. The number of hydrogen-bond donors (Lipinski definition) is 1. The number of ether oxygens (including phenoxy) is 1. The first-order valence-corrected chi connectivity index (χ1v) is 10.2. The number of fused-ring (bicyclic) bond motifs is 2. The summed E-state index contributed by atoms with van der Waals surface area (Å²) in [6.07, 6.45) is 3.63. The van der Waals surface area contributed by atoms with E-state index in [-0.39, 0.29) is 28.5 Å². The van der Waals surface area contributed by atoms with Crippen LogP contribution in [0.5, 0.6) is 5.75 Å². The zero-order valence-corrected chi connectivity index (χ0v) is 17.0. The molecule has 1 aromatic carbocycles. The van der Waals surface area contributed by atoms with Crippen molar-refractivity contribution in [2.75, 3.05) is 6.61 Å². The van der Waals surface area contributed by atoms with Gasteiger partial charge in [0.05, 0.1) is 12.7 Å². The molecule has 150 valence electrons. The normalized spacial score (nSPS) is 32.1. The predicted octanol–water partition coefficient (Wildman–Crippen LogP) is 4.94. The van der Waals surface area contributed by atoms with Gasteiger partial charge in [-0.05, 0) is 60.6 Å². The van der Waals surface area contributed by atoms with Crippen molar-refractivity contribution in [3.8, 4) is 5.75 Å². The van der Waals surface area contributed by atoms with Crippen molar-refractivity contribution in [2.24, 2.45) is 22.7 Å². The molecule has 1 N–H and O–H groups in total. The highest BCUT2D eigenvalue weighted by Crippen LogP contribution is 2.60. The van der Waals surface area contributed by atoms with Crippen molar-refractivity contribution in [3.63, 3.8) is 0 Å². The van der Waals surface area contributed by atoms with E-state index in [1.807, 2.05) is 12.1 Å². The Morgan fingerprint density at radius 1 is 1.21 bits per heavy atom. The molecule has 2 aromatic rings. The standard InChI is InChI=1S/C24H30O4/c1-15-5-9-20-23(2,3)21(25)11-12-24(20,4)18(15)14-27-17-8-6-16-7-10-22(26)28-19(16)13-17/h6-8,10,13,18,20-21,25H,1,5,9,11-12,14H2,2-4H3/t18-,20-,21+,24-/m0/s1. The van der Waals surface area contributed by atoms with Crippen LogP contribution in [0.1, 0.15) is 46.5 Å². The Bertz CT molecular complexity index is 956. The number of hydrogen-bond acceptors (Lipinski definition) is 4. The molecule has 0 unspecified atom stereocenters. The number of benzene rings is 1. The molecule has 1 aromatic heterocycles. The lowest BCUT2D eigenvalue weighted by Gasteiger charge is -2.59. The zero-order chi connectivity index (χ0) is 20.1. The molecule has 4 heteroatoms. The second-order valence-electron chi connectivity index (χ2n) is 9.45. The average molecular weight is 383 g/mol. The average Bonchev–Trinajstić information content (AvgIpc) is 2.64. The van der Waals surface area contributed by atoms with Crippen LogP contribution in [0, 0.1) is 22.7 Å². The molecule has 4 rings (SSSR count). The Morgan fingerprint density at radius 3 is 2.75 bits per heavy atom. The molecule has 0 spiro atoms. The molecule has 1 heterocycles. The molecular formula is C24H30O4. The maximum absolute atomic E-state index is 11.5. The highest BCUT2D eigenvalue weighted by Gasteiger charge is 2.56. The van der Waals surface area contributed by atoms with Crippen LogP contribution in [0.4, 0.5) is 0 Å². The molecule has 2 aliphatic rings. The van der Waals surface area contributed by atoms with Crippen molar-refractivity contribution in [3.05, 3.63) is 52.9 Å². The number of rotatable bonds is 3. The Kier molecular flexibility index (Phi) is 4.65. The van der Waals surface area contributed by atoms with Gasteiger partial charge in [-0.15, -0.1) is 0 Å². The lowest BCUT2D eigenvalue weighted by molar-refractivity contribution is -0.128. The molecule has 2 aliphatic carbocycles. The highest BCUT2D eigenvalue weighted by atomic mass is 16.5. The van der Waals surface area contributed by atoms with Crippen molar-refractivity contribution in [1.82, 2.24) is 0 Å². The summed E-state index contributed by atoms with van der Waals surface area (Å²) in [4.78, 5) is 11.5.